The predicted molar refractivity (Wildman–Crippen MR) is 87.6 cm³/mol. The number of rotatable bonds is 5. The van der Waals surface area contributed by atoms with Crippen LogP contribution in [0.2, 0.25) is 0 Å². The largest absolute Gasteiger partial charge is 0.487 e. The lowest BCUT2D eigenvalue weighted by molar-refractivity contribution is 0.102. The molecule has 0 aliphatic carbocycles. The van der Waals surface area contributed by atoms with Crippen molar-refractivity contribution < 1.29 is 9.53 Å². The number of nitrogens with zero attached hydrogens (tertiary/aromatic N) is 3. The van der Waals surface area contributed by atoms with Gasteiger partial charge in [-0.2, -0.15) is 8.75 Å². The number of aryl methyl sites for hydroxylation is 1. The van der Waals surface area contributed by atoms with Crippen molar-refractivity contribution in [1.82, 2.24) is 13.7 Å². The molecule has 0 unspecified atom stereocenters. The zero-order chi connectivity index (χ0) is 16.1. The van der Waals surface area contributed by atoms with Gasteiger partial charge in [-0.3, -0.25) is 9.78 Å². The second-order valence-electron chi connectivity index (χ2n) is 4.81. The first-order valence-corrected chi connectivity index (χ1v) is 7.67. The van der Waals surface area contributed by atoms with Crippen LogP contribution in [0.5, 0.6) is 5.75 Å². The van der Waals surface area contributed by atoms with Crippen molar-refractivity contribution in [2.24, 2.45) is 0 Å². The lowest BCUT2D eigenvalue weighted by Crippen LogP contribution is -2.11. The van der Waals surface area contributed by atoms with E-state index in [0.29, 0.717) is 23.6 Å². The summed E-state index contributed by atoms with van der Waals surface area (Å²) in [5.74, 6) is 0.486. The Balaban J connectivity index is 1.60. The summed E-state index contributed by atoms with van der Waals surface area (Å²) in [5, 5.41) is 2.78. The van der Waals surface area contributed by atoms with Crippen LogP contribution in [-0.2, 0) is 6.61 Å². The monoisotopic (exact) mass is 326 g/mol. The maximum absolute atomic E-state index is 12.1. The number of nitrogens with one attached hydrogen (secondary N) is 1. The highest BCUT2D eigenvalue weighted by atomic mass is 32.1. The van der Waals surface area contributed by atoms with Crippen molar-refractivity contribution in [3.8, 4) is 5.75 Å². The molecule has 1 amide bonds. The number of ether oxygens (including phenoxy) is 1. The molecule has 1 aromatic carbocycles. The highest BCUT2D eigenvalue weighted by molar-refractivity contribution is 6.99. The first kappa shape index (κ1) is 15.1. The molecule has 0 aliphatic rings. The molecule has 0 atom stereocenters. The molecular weight excluding hydrogens is 312 g/mol. The van der Waals surface area contributed by atoms with Gasteiger partial charge in [-0.25, -0.2) is 0 Å². The van der Waals surface area contributed by atoms with Crippen LogP contribution in [0.25, 0.3) is 0 Å². The number of hydrogen-bond acceptors (Lipinski definition) is 6. The summed E-state index contributed by atoms with van der Waals surface area (Å²) in [6, 6.07) is 10.5. The maximum Gasteiger partial charge on any atom is 0.255 e. The third-order valence-electron chi connectivity index (χ3n) is 3.16. The summed E-state index contributed by atoms with van der Waals surface area (Å²) >= 11 is 1.17. The van der Waals surface area contributed by atoms with Gasteiger partial charge >= 0.3 is 0 Å². The van der Waals surface area contributed by atoms with Gasteiger partial charge in [0.15, 0.2) is 0 Å². The van der Waals surface area contributed by atoms with E-state index < -0.39 is 0 Å². The Labute approximate surface area is 137 Å². The van der Waals surface area contributed by atoms with Crippen LogP contribution in [0.4, 0.5) is 5.69 Å². The van der Waals surface area contributed by atoms with Gasteiger partial charge in [0.2, 0.25) is 0 Å². The number of carbonyl (C=O) groups excluding carboxylic acids is 1. The second kappa shape index (κ2) is 6.97. The van der Waals surface area contributed by atoms with Crippen LogP contribution in [-0.4, -0.2) is 19.6 Å². The SMILES string of the molecule is Cc1nsnc1COc1ccc(C(=O)Nc2cccnc2)cc1. The molecule has 3 rings (SSSR count). The summed E-state index contributed by atoms with van der Waals surface area (Å²) in [5.41, 5.74) is 2.91. The molecule has 0 saturated carbocycles. The van der Waals surface area contributed by atoms with Gasteiger partial charge < -0.3 is 10.1 Å². The van der Waals surface area contributed by atoms with Crippen molar-refractivity contribution >= 4 is 23.3 Å². The lowest BCUT2D eigenvalue weighted by Gasteiger charge is -2.07. The highest BCUT2D eigenvalue weighted by Crippen LogP contribution is 2.16. The minimum atomic E-state index is -0.191. The second-order valence-corrected chi connectivity index (χ2v) is 5.33. The summed E-state index contributed by atoms with van der Waals surface area (Å²) in [6.07, 6.45) is 3.25. The van der Waals surface area contributed by atoms with Crippen LogP contribution in [0.1, 0.15) is 21.7 Å². The molecule has 1 N–H and O–H groups in total. The first-order chi connectivity index (χ1) is 11.2. The minimum absolute atomic E-state index is 0.191. The molecule has 7 heteroatoms. The molecule has 0 radical (unpaired) electrons. The van der Waals surface area contributed by atoms with Gasteiger partial charge in [-0.15, -0.1) is 0 Å². The van der Waals surface area contributed by atoms with E-state index in [2.05, 4.69) is 19.0 Å². The summed E-state index contributed by atoms with van der Waals surface area (Å²) in [4.78, 5) is 16.1. The standard InChI is InChI=1S/C16H14N4O2S/c1-11-15(20-23-19-11)10-22-14-6-4-12(5-7-14)16(21)18-13-3-2-8-17-9-13/h2-9H,10H2,1H3,(H,18,21). The number of pyridine rings is 1. The van der Waals surface area contributed by atoms with Gasteiger partial charge in [-0.05, 0) is 43.3 Å². The molecule has 0 aliphatic heterocycles. The molecule has 0 spiro atoms. The third kappa shape index (κ3) is 3.89. The Bertz CT molecular complexity index is 787. The fourth-order valence-corrected chi connectivity index (χ4v) is 2.43. The van der Waals surface area contributed by atoms with E-state index in [4.69, 9.17) is 4.74 Å². The van der Waals surface area contributed by atoms with Gasteiger partial charge in [0.1, 0.15) is 18.1 Å². The highest BCUT2D eigenvalue weighted by Gasteiger charge is 2.07. The van der Waals surface area contributed by atoms with E-state index in [-0.39, 0.29) is 5.91 Å². The molecule has 0 saturated heterocycles. The summed E-state index contributed by atoms with van der Waals surface area (Å²) in [6.45, 7) is 2.26. The molecule has 23 heavy (non-hydrogen) atoms. The van der Waals surface area contributed by atoms with Crippen LogP contribution in [0.3, 0.4) is 0 Å². The fourth-order valence-electron chi connectivity index (χ4n) is 1.87. The van der Waals surface area contributed by atoms with Crippen LogP contribution in [0.15, 0.2) is 48.8 Å². The van der Waals surface area contributed by atoms with Crippen LogP contribution < -0.4 is 10.1 Å². The Hall–Kier alpha value is -2.80. The first-order valence-electron chi connectivity index (χ1n) is 6.94. The lowest BCUT2D eigenvalue weighted by atomic mass is 10.2. The molecule has 2 aromatic heterocycles. The number of amides is 1. The normalized spacial score (nSPS) is 10.3. The predicted octanol–water partition coefficient (Wildman–Crippen LogP) is 3.07. The van der Waals surface area contributed by atoms with Gasteiger partial charge in [0.25, 0.3) is 5.91 Å². The summed E-state index contributed by atoms with van der Waals surface area (Å²) in [7, 11) is 0. The Morgan fingerprint density at radius 3 is 2.70 bits per heavy atom. The van der Waals surface area contributed by atoms with Crippen LogP contribution >= 0.6 is 11.7 Å². The maximum atomic E-state index is 12.1. The number of benzene rings is 1. The average molecular weight is 326 g/mol. The minimum Gasteiger partial charge on any atom is -0.487 e. The van der Waals surface area contributed by atoms with Gasteiger partial charge in [0, 0.05) is 11.8 Å². The molecular formula is C16H14N4O2S. The van der Waals surface area contributed by atoms with Crippen LogP contribution in [0, 0.1) is 6.92 Å². The van der Waals surface area contributed by atoms with Crippen molar-refractivity contribution in [3.63, 3.8) is 0 Å². The van der Waals surface area contributed by atoms with E-state index in [0.717, 1.165) is 11.4 Å². The molecule has 0 bridgehead atoms. The molecule has 6 nitrogen and oxygen atoms in total. The Kier molecular flexibility index (Phi) is 4.58. The molecule has 116 valence electrons. The molecule has 3 aromatic rings. The van der Waals surface area contributed by atoms with Crippen molar-refractivity contribution in [3.05, 3.63) is 65.7 Å². The number of hydrogen-bond donors (Lipinski definition) is 1. The molecule has 0 fully saturated rings. The third-order valence-corrected chi connectivity index (χ3v) is 3.82. The number of carbonyl (C=O) groups is 1. The number of aromatic nitrogens is 3. The quantitative estimate of drug-likeness (QED) is 0.779. The van der Waals surface area contributed by atoms with Crippen molar-refractivity contribution in [2.45, 2.75) is 13.5 Å². The summed E-state index contributed by atoms with van der Waals surface area (Å²) < 4.78 is 13.9. The fraction of sp³-hybridized carbons (Fsp3) is 0.125. The van der Waals surface area contributed by atoms with Gasteiger partial charge in [-0.1, -0.05) is 0 Å². The topological polar surface area (TPSA) is 77.0 Å². The van der Waals surface area contributed by atoms with E-state index >= 15 is 0 Å². The van der Waals surface area contributed by atoms with E-state index in [1.54, 1.807) is 48.8 Å². The molecule has 2 heterocycles. The van der Waals surface area contributed by atoms with Crippen molar-refractivity contribution in [2.75, 3.05) is 5.32 Å². The smallest absolute Gasteiger partial charge is 0.255 e. The average Bonchev–Trinajstić information content (AvgIpc) is 2.99. The Morgan fingerprint density at radius 2 is 2.04 bits per heavy atom. The van der Waals surface area contributed by atoms with E-state index in [9.17, 15) is 4.79 Å². The Morgan fingerprint density at radius 1 is 1.22 bits per heavy atom. The number of anilines is 1. The van der Waals surface area contributed by atoms with E-state index in [1.165, 1.54) is 11.7 Å². The van der Waals surface area contributed by atoms with Crippen molar-refractivity contribution in [1.29, 1.82) is 0 Å². The zero-order valence-corrected chi connectivity index (χ0v) is 13.2. The zero-order valence-electron chi connectivity index (χ0n) is 12.4. The van der Waals surface area contributed by atoms with E-state index in [1.807, 2.05) is 6.92 Å². The van der Waals surface area contributed by atoms with Gasteiger partial charge in [0.05, 0.1) is 29.3 Å².